The maximum Gasteiger partial charge on any atom is 0.312 e. The fourth-order valence-corrected chi connectivity index (χ4v) is 8.26. The highest BCUT2D eigenvalue weighted by Gasteiger charge is 2.46. The summed E-state index contributed by atoms with van der Waals surface area (Å²) in [7, 11) is 0. The predicted octanol–water partition coefficient (Wildman–Crippen LogP) is -4.63. The number of hydrogen-bond donors (Lipinski definition) is 13. The van der Waals surface area contributed by atoms with E-state index >= 15 is 4.79 Å². The van der Waals surface area contributed by atoms with Gasteiger partial charge in [0.25, 0.3) is 0 Å². The minimum Gasteiger partial charge on any atom is -0.394 e. The number of aliphatic hydroxyl groups is 1. The van der Waals surface area contributed by atoms with Gasteiger partial charge in [0.1, 0.15) is 36.3 Å². The fourth-order valence-electron chi connectivity index (χ4n) is 8.26. The van der Waals surface area contributed by atoms with Crippen LogP contribution in [0.3, 0.4) is 0 Å². The van der Waals surface area contributed by atoms with Gasteiger partial charge in [-0.05, 0) is 56.1 Å². The lowest BCUT2D eigenvalue weighted by atomic mass is 9.96. The van der Waals surface area contributed by atoms with Crippen molar-refractivity contribution in [3.63, 3.8) is 0 Å². The number of H-pyrrole nitrogens is 1. The van der Waals surface area contributed by atoms with Gasteiger partial charge in [-0.3, -0.25) is 43.2 Å². The van der Waals surface area contributed by atoms with E-state index in [1.807, 2.05) is 31.7 Å². The quantitative estimate of drug-likeness (QED) is 0.0320. The van der Waals surface area contributed by atoms with Crippen LogP contribution in [0.5, 0.6) is 0 Å². The SMILES string of the molecule is CC[C@H](C)[C@H](NC(=O)[C@H](CC(N)=O)NC(=O)[C@H](CC(N)=O)NC(=O)[C@@H](N)CCCNC(N)=O)C(=O)N1C[C@@H](n2cc([C]3[CH][CH][CH][CH]3)nn2)C[C@H]1C(=O)N[C@H](Cc1c[nH]c2ccccc12)C(=O)N[C@@H](CO)C(N)=O. The van der Waals surface area contributed by atoms with Crippen LogP contribution < -0.4 is 60.6 Å². The summed E-state index contributed by atoms with van der Waals surface area (Å²) in [5.41, 5.74) is 29.2. The third-order valence-electron chi connectivity index (χ3n) is 12.5. The number of primary amides is 4. The molecule has 1 saturated carbocycles. The average molecular weight is 1020 g/mol. The number of carbonyl (C=O) groups excluding carboxylic acids is 10. The van der Waals surface area contributed by atoms with Crippen molar-refractivity contribution in [3.05, 3.63) is 79.5 Å². The standard InChI is InChI=1S/C46H63N16O11/c1-3-23(2)38(58-43(70)32(18-37(49)65)55-42(69)31(17-36(48)64)54-40(67)28(47)12-8-14-52-46(51)73)45(72)61-20-26(62-21-33(59-60-62)24-9-4-5-10-24)16-35(61)44(71)56-30(41(68)57-34(22-63)39(50)66)15-25-19-53-29-13-7-6-11-27(25)29/h4-7,9-11,13,19,21,23,26,28,30-32,34-35,38,53,63H,3,8,12,14-18,20,22,47H2,1-2H3,(H2,48,64)(H2,49,65)(H2,50,66)(H,54,67)(H,55,69)(H,56,71)(H,57,68)(H,58,70)(H3,51,52,73)/t23-,26-,28-,30+,31-,32-,34-,35-,38-/m0/s1. The normalized spacial score (nSPS) is 18.5. The number of carbonyl (C=O) groups is 10. The molecule has 1 aromatic carbocycles. The summed E-state index contributed by atoms with van der Waals surface area (Å²) in [6, 6.07) is -4.69. The van der Waals surface area contributed by atoms with E-state index in [4.69, 9.17) is 28.7 Å². The molecule has 9 atom stereocenters. The van der Waals surface area contributed by atoms with Gasteiger partial charge < -0.3 is 75.6 Å². The van der Waals surface area contributed by atoms with E-state index in [0.29, 0.717) is 11.3 Å². The highest BCUT2D eigenvalue weighted by Crippen LogP contribution is 2.33. The van der Waals surface area contributed by atoms with Crippen LogP contribution in [0.1, 0.15) is 69.7 Å². The number of aromatic amines is 1. The fraction of sp³-hybridized carbons (Fsp3) is 0.457. The summed E-state index contributed by atoms with van der Waals surface area (Å²) in [6.45, 7) is 2.45. The van der Waals surface area contributed by atoms with Crippen molar-refractivity contribution in [3.8, 4) is 0 Å². The van der Waals surface area contributed by atoms with E-state index in [9.17, 15) is 48.3 Å². The molecule has 393 valence electrons. The first-order valence-corrected chi connectivity index (χ1v) is 23.5. The zero-order valence-electron chi connectivity index (χ0n) is 40.2. The molecule has 27 nitrogen and oxygen atoms in total. The number of aliphatic hydroxyl groups excluding tert-OH is 1. The second-order valence-electron chi connectivity index (χ2n) is 17.8. The second-order valence-corrected chi connectivity index (χ2v) is 17.8. The first-order chi connectivity index (χ1) is 34.7. The lowest BCUT2D eigenvalue weighted by Crippen LogP contribution is -2.61. The van der Waals surface area contributed by atoms with Crippen molar-refractivity contribution in [1.29, 1.82) is 0 Å². The topological polar surface area (TPSA) is 443 Å². The van der Waals surface area contributed by atoms with Gasteiger partial charge in [-0.1, -0.05) is 43.7 Å². The van der Waals surface area contributed by atoms with Crippen LogP contribution in [0.2, 0.25) is 0 Å². The lowest BCUT2D eigenvalue weighted by molar-refractivity contribution is -0.144. The minimum absolute atomic E-state index is 0.0204. The van der Waals surface area contributed by atoms with Gasteiger partial charge in [-0.15, -0.1) is 5.10 Å². The number of hydrogen-bond acceptors (Lipinski definition) is 14. The molecule has 11 amide bonds. The van der Waals surface area contributed by atoms with Crippen molar-refractivity contribution >= 4 is 70.1 Å². The number of aromatic nitrogens is 4. The Bertz CT molecular complexity index is 2490. The molecule has 3 heterocycles. The van der Waals surface area contributed by atoms with Crippen molar-refractivity contribution in [2.24, 2.45) is 34.6 Å². The van der Waals surface area contributed by atoms with E-state index in [2.05, 4.69) is 47.2 Å². The van der Waals surface area contributed by atoms with E-state index in [-0.39, 0.29) is 45.2 Å². The van der Waals surface area contributed by atoms with E-state index in [1.54, 1.807) is 44.4 Å². The molecule has 0 unspecified atom stereocenters. The summed E-state index contributed by atoms with van der Waals surface area (Å²) < 4.78 is 1.50. The van der Waals surface area contributed by atoms with Crippen LogP contribution in [0.4, 0.5) is 4.79 Å². The first-order valence-electron chi connectivity index (χ1n) is 23.5. The zero-order chi connectivity index (χ0) is 53.5. The van der Waals surface area contributed by atoms with E-state index < -0.39 is 133 Å². The zero-order valence-corrected chi connectivity index (χ0v) is 40.2. The summed E-state index contributed by atoms with van der Waals surface area (Å²) >= 11 is 0. The minimum atomic E-state index is -1.78. The number of rotatable bonds is 27. The first kappa shape index (κ1) is 56.2. The number of fused-ring (bicyclic) bond motifs is 1. The Morgan fingerprint density at radius 2 is 1.44 bits per heavy atom. The third kappa shape index (κ3) is 15.4. The van der Waals surface area contributed by atoms with E-state index in [0.717, 1.165) is 16.8 Å². The molecule has 1 aliphatic heterocycles. The molecule has 5 rings (SSSR count). The molecule has 3 aromatic rings. The Kier molecular flexibility index (Phi) is 20.1. The highest BCUT2D eigenvalue weighted by atomic mass is 16.3. The van der Waals surface area contributed by atoms with Gasteiger partial charge in [-0.2, -0.15) is 0 Å². The van der Waals surface area contributed by atoms with Crippen LogP contribution in [-0.4, -0.2) is 151 Å². The Balaban J connectivity index is 1.43. The van der Waals surface area contributed by atoms with Crippen LogP contribution in [0.25, 0.3) is 10.9 Å². The molecule has 2 fully saturated rings. The molecular weight excluding hydrogens is 953 g/mol. The molecular formula is C46H63N16O11. The molecule has 73 heavy (non-hydrogen) atoms. The number of amides is 11. The van der Waals surface area contributed by atoms with Gasteiger partial charge in [0.05, 0.1) is 37.2 Å². The monoisotopic (exact) mass is 1020 g/mol. The van der Waals surface area contributed by atoms with Crippen molar-refractivity contribution in [2.75, 3.05) is 19.7 Å². The van der Waals surface area contributed by atoms with Crippen molar-refractivity contribution < 1.29 is 53.1 Å². The Morgan fingerprint density at radius 1 is 0.822 bits per heavy atom. The average Bonchev–Trinajstić information content (AvgIpc) is 4.20. The molecule has 1 saturated heterocycles. The largest absolute Gasteiger partial charge is 0.394 e. The summed E-state index contributed by atoms with van der Waals surface area (Å²) in [5.74, 6) is -8.62. The van der Waals surface area contributed by atoms with Crippen molar-refractivity contribution in [1.82, 2.24) is 56.8 Å². The molecule has 0 spiro atoms. The molecule has 2 aliphatic rings. The second kappa shape index (κ2) is 26.1. The molecule has 27 heteroatoms. The summed E-state index contributed by atoms with van der Waals surface area (Å²) in [6.07, 6.45) is 9.30. The van der Waals surface area contributed by atoms with Crippen molar-refractivity contribution in [2.45, 2.75) is 107 Å². The van der Waals surface area contributed by atoms with Crippen LogP contribution in [0, 0.1) is 37.5 Å². The smallest absolute Gasteiger partial charge is 0.312 e. The van der Waals surface area contributed by atoms with Gasteiger partial charge in [0.2, 0.25) is 53.2 Å². The number of nitrogens with two attached hydrogens (primary N) is 5. The van der Waals surface area contributed by atoms with Gasteiger partial charge in [0.15, 0.2) is 0 Å². The maximum atomic E-state index is 15.1. The summed E-state index contributed by atoms with van der Waals surface area (Å²) in [5, 5.41) is 33.9. The molecule has 5 radical (unpaired) electrons. The number of nitrogens with one attached hydrogen (secondary N) is 7. The number of likely N-dealkylation sites (tertiary alicyclic amines) is 1. The maximum absolute atomic E-state index is 15.1. The number of benzene rings is 1. The van der Waals surface area contributed by atoms with Gasteiger partial charge >= 0.3 is 6.03 Å². The van der Waals surface area contributed by atoms with Gasteiger partial charge in [0, 0.05) is 55.1 Å². The van der Waals surface area contributed by atoms with Crippen LogP contribution in [0.15, 0.2) is 36.7 Å². The molecule has 0 bridgehead atoms. The van der Waals surface area contributed by atoms with Gasteiger partial charge in [-0.25, -0.2) is 9.48 Å². The van der Waals surface area contributed by atoms with E-state index in [1.165, 1.54) is 9.58 Å². The number of urea groups is 1. The lowest BCUT2D eigenvalue weighted by Gasteiger charge is -2.33. The molecule has 2 aromatic heterocycles. The Hall–Kier alpha value is -7.68. The molecule has 18 N–H and O–H groups in total. The Labute approximate surface area is 419 Å². The Morgan fingerprint density at radius 3 is 2.05 bits per heavy atom. The third-order valence-corrected chi connectivity index (χ3v) is 12.5. The summed E-state index contributed by atoms with van der Waals surface area (Å²) in [4.78, 5) is 137. The highest BCUT2D eigenvalue weighted by molar-refractivity contribution is 6.00. The number of nitrogens with zero attached hydrogens (tertiary/aromatic N) is 4. The molecule has 1 aliphatic carbocycles. The predicted molar refractivity (Wildman–Crippen MR) is 259 cm³/mol. The van der Waals surface area contributed by atoms with Crippen LogP contribution >= 0.6 is 0 Å². The van der Waals surface area contributed by atoms with Crippen LogP contribution in [-0.2, 0) is 49.6 Å². The number of para-hydroxylation sites is 1.